The van der Waals surface area contributed by atoms with Gasteiger partial charge in [0.25, 0.3) is 5.91 Å². The Balaban J connectivity index is 2.09. The first-order valence-corrected chi connectivity index (χ1v) is 8.90. The molecule has 23 heavy (non-hydrogen) atoms. The van der Waals surface area contributed by atoms with Crippen molar-refractivity contribution in [3.8, 4) is 5.75 Å². The number of benzene rings is 1. The first-order chi connectivity index (χ1) is 10.8. The Morgan fingerprint density at radius 2 is 2.04 bits per heavy atom. The van der Waals surface area contributed by atoms with E-state index in [9.17, 15) is 13.2 Å². The minimum Gasteiger partial charge on any atom is -0.490 e. The Hall–Kier alpha value is -2.35. The lowest BCUT2D eigenvalue weighted by atomic mass is 10.1. The second kappa shape index (κ2) is 5.38. The van der Waals surface area contributed by atoms with Gasteiger partial charge < -0.3 is 14.2 Å². The third-order valence-corrected chi connectivity index (χ3v) is 4.82. The molecule has 122 valence electrons. The van der Waals surface area contributed by atoms with Crippen LogP contribution in [0.5, 0.6) is 5.75 Å². The predicted molar refractivity (Wildman–Crippen MR) is 82.7 cm³/mol. The highest BCUT2D eigenvalue weighted by Crippen LogP contribution is 2.35. The van der Waals surface area contributed by atoms with Crippen molar-refractivity contribution in [3.63, 3.8) is 0 Å². The number of rotatable bonds is 2. The molecule has 0 saturated heterocycles. The third kappa shape index (κ3) is 2.70. The van der Waals surface area contributed by atoms with E-state index < -0.39 is 9.84 Å². The fraction of sp³-hybridized carbons (Fsp3) is 0.333. The molecule has 0 radical (unpaired) electrons. The molecule has 1 aliphatic heterocycles. The van der Waals surface area contributed by atoms with Gasteiger partial charge in [0.2, 0.25) is 0 Å². The third-order valence-electron chi connectivity index (χ3n) is 3.71. The van der Waals surface area contributed by atoms with Gasteiger partial charge in [-0.2, -0.15) is 0 Å². The van der Waals surface area contributed by atoms with Gasteiger partial charge >= 0.3 is 0 Å². The monoisotopic (exact) mass is 336 g/mol. The van der Waals surface area contributed by atoms with Crippen LogP contribution in [0.1, 0.15) is 21.8 Å². The number of nitrogens with zero attached hydrogens (tertiary/aromatic N) is 2. The largest absolute Gasteiger partial charge is 0.490 e. The number of aryl methyl sites for hydroxylation is 2. The van der Waals surface area contributed by atoms with Crippen LogP contribution in [0.4, 0.5) is 5.69 Å². The predicted octanol–water partition coefficient (Wildman–Crippen LogP) is 1.73. The van der Waals surface area contributed by atoms with E-state index in [1.165, 1.54) is 17.0 Å². The Morgan fingerprint density at radius 3 is 2.65 bits per heavy atom. The van der Waals surface area contributed by atoms with E-state index in [-0.39, 0.29) is 10.8 Å². The minimum atomic E-state index is -3.38. The zero-order chi connectivity index (χ0) is 16.8. The van der Waals surface area contributed by atoms with Gasteiger partial charge in [0.05, 0.1) is 22.8 Å². The summed E-state index contributed by atoms with van der Waals surface area (Å²) in [7, 11) is -3.38. The number of anilines is 1. The zero-order valence-electron chi connectivity index (χ0n) is 13.0. The first kappa shape index (κ1) is 15.5. The van der Waals surface area contributed by atoms with Crippen LogP contribution in [0.3, 0.4) is 0 Å². The van der Waals surface area contributed by atoms with Gasteiger partial charge in [0, 0.05) is 6.26 Å². The fourth-order valence-corrected chi connectivity index (χ4v) is 3.20. The van der Waals surface area contributed by atoms with Gasteiger partial charge in [-0.1, -0.05) is 5.16 Å². The number of carbonyl (C=O) groups excluding carboxylic acids is 1. The number of ether oxygens (including phenoxy) is 1. The summed E-state index contributed by atoms with van der Waals surface area (Å²) in [6.07, 6.45) is 1.12. The van der Waals surface area contributed by atoms with Crippen LogP contribution in [0.15, 0.2) is 27.6 Å². The zero-order valence-corrected chi connectivity index (χ0v) is 13.8. The summed E-state index contributed by atoms with van der Waals surface area (Å²) in [5, 5.41) is 3.80. The van der Waals surface area contributed by atoms with Crippen LogP contribution in [0.25, 0.3) is 0 Å². The molecule has 1 amide bonds. The maximum Gasteiger partial charge on any atom is 0.264 e. The first-order valence-electron chi connectivity index (χ1n) is 7.00. The molecule has 0 N–H and O–H groups in total. The van der Waals surface area contributed by atoms with E-state index >= 15 is 0 Å². The van der Waals surface area contributed by atoms with E-state index in [1.54, 1.807) is 19.9 Å². The Labute approximate surface area is 133 Å². The standard InChI is InChI=1S/C15H16N2O5S/c1-9-14(10(2)22-16-9)15(18)17-6-7-21-13-5-4-11(8-12(13)17)23(3,19)20/h4-5,8H,6-7H2,1-3H3. The number of aromatic nitrogens is 1. The molecule has 0 aliphatic carbocycles. The molecular formula is C15H16N2O5S. The van der Waals surface area contributed by atoms with Crippen molar-refractivity contribution in [1.82, 2.24) is 5.16 Å². The fourth-order valence-electron chi connectivity index (χ4n) is 2.56. The summed E-state index contributed by atoms with van der Waals surface area (Å²) < 4.78 is 34.1. The molecule has 3 rings (SSSR count). The molecular weight excluding hydrogens is 320 g/mol. The molecule has 1 aromatic carbocycles. The van der Waals surface area contributed by atoms with Crippen LogP contribution in [0, 0.1) is 13.8 Å². The van der Waals surface area contributed by atoms with Crippen molar-refractivity contribution in [2.75, 3.05) is 24.3 Å². The number of hydrogen-bond donors (Lipinski definition) is 0. The number of carbonyl (C=O) groups is 1. The van der Waals surface area contributed by atoms with E-state index in [4.69, 9.17) is 9.26 Å². The summed E-state index contributed by atoms with van der Waals surface area (Å²) in [6.45, 7) is 4.02. The Morgan fingerprint density at radius 1 is 1.30 bits per heavy atom. The highest BCUT2D eigenvalue weighted by molar-refractivity contribution is 7.90. The average molecular weight is 336 g/mol. The van der Waals surface area contributed by atoms with Crippen molar-refractivity contribution in [2.24, 2.45) is 0 Å². The van der Waals surface area contributed by atoms with Crippen LogP contribution < -0.4 is 9.64 Å². The molecule has 8 heteroatoms. The van der Waals surface area contributed by atoms with Crippen molar-refractivity contribution >= 4 is 21.4 Å². The summed E-state index contributed by atoms with van der Waals surface area (Å²) in [6, 6.07) is 4.50. The van der Waals surface area contributed by atoms with E-state index in [2.05, 4.69) is 5.16 Å². The normalized spacial score (nSPS) is 14.3. The lowest BCUT2D eigenvalue weighted by Gasteiger charge is -2.29. The van der Waals surface area contributed by atoms with E-state index in [0.29, 0.717) is 41.6 Å². The summed E-state index contributed by atoms with van der Waals surface area (Å²) in [5.74, 6) is 0.625. The summed E-state index contributed by atoms with van der Waals surface area (Å²) in [5.41, 5.74) is 1.33. The molecule has 2 heterocycles. The highest BCUT2D eigenvalue weighted by atomic mass is 32.2. The molecule has 1 aromatic heterocycles. The maximum atomic E-state index is 12.8. The Bertz CT molecular complexity index is 866. The Kier molecular flexibility index (Phi) is 3.63. The molecule has 0 spiro atoms. The van der Waals surface area contributed by atoms with Crippen LogP contribution in [-0.4, -0.2) is 38.9 Å². The number of hydrogen-bond acceptors (Lipinski definition) is 6. The lowest BCUT2D eigenvalue weighted by molar-refractivity contribution is 0.0974. The summed E-state index contributed by atoms with van der Waals surface area (Å²) in [4.78, 5) is 14.5. The molecule has 1 aliphatic rings. The van der Waals surface area contributed by atoms with Crippen molar-refractivity contribution in [3.05, 3.63) is 35.2 Å². The maximum absolute atomic E-state index is 12.8. The molecule has 7 nitrogen and oxygen atoms in total. The average Bonchev–Trinajstić information content (AvgIpc) is 2.83. The number of sulfone groups is 1. The van der Waals surface area contributed by atoms with Gasteiger partial charge in [0.1, 0.15) is 23.7 Å². The highest BCUT2D eigenvalue weighted by Gasteiger charge is 2.29. The molecule has 0 atom stereocenters. The summed E-state index contributed by atoms with van der Waals surface area (Å²) >= 11 is 0. The van der Waals surface area contributed by atoms with Crippen molar-refractivity contribution < 1.29 is 22.5 Å². The molecule has 0 bridgehead atoms. The topological polar surface area (TPSA) is 89.7 Å². The SMILES string of the molecule is Cc1noc(C)c1C(=O)N1CCOc2ccc(S(C)(=O)=O)cc21. The molecule has 0 unspecified atom stereocenters. The van der Waals surface area contributed by atoms with E-state index in [1.807, 2.05) is 0 Å². The second-order valence-electron chi connectivity index (χ2n) is 5.41. The van der Waals surface area contributed by atoms with Crippen LogP contribution in [0.2, 0.25) is 0 Å². The van der Waals surface area contributed by atoms with Crippen LogP contribution in [-0.2, 0) is 9.84 Å². The number of amides is 1. The second-order valence-corrected chi connectivity index (χ2v) is 7.42. The van der Waals surface area contributed by atoms with Gasteiger partial charge in [-0.05, 0) is 32.0 Å². The van der Waals surface area contributed by atoms with Gasteiger partial charge in [-0.15, -0.1) is 0 Å². The molecule has 0 saturated carbocycles. The number of fused-ring (bicyclic) bond motifs is 1. The van der Waals surface area contributed by atoms with Gasteiger partial charge in [0.15, 0.2) is 9.84 Å². The molecule has 2 aromatic rings. The van der Waals surface area contributed by atoms with Crippen LogP contribution >= 0.6 is 0 Å². The quantitative estimate of drug-likeness (QED) is 0.830. The van der Waals surface area contributed by atoms with E-state index in [0.717, 1.165) is 6.26 Å². The smallest absolute Gasteiger partial charge is 0.264 e. The molecule has 0 fully saturated rings. The minimum absolute atomic E-state index is 0.137. The van der Waals surface area contributed by atoms with Crippen molar-refractivity contribution in [2.45, 2.75) is 18.7 Å². The van der Waals surface area contributed by atoms with Crippen molar-refractivity contribution in [1.29, 1.82) is 0 Å². The lowest BCUT2D eigenvalue weighted by Crippen LogP contribution is -2.38. The van der Waals surface area contributed by atoms with Gasteiger partial charge in [-0.25, -0.2) is 8.42 Å². The van der Waals surface area contributed by atoms with Gasteiger partial charge in [-0.3, -0.25) is 4.79 Å².